The number of carbonyl (C=O) groups excluding carboxylic acids is 1. The van der Waals surface area contributed by atoms with Gasteiger partial charge in [0.05, 0.1) is 12.6 Å². The molecule has 25 heavy (non-hydrogen) atoms. The van der Waals surface area contributed by atoms with E-state index in [-0.39, 0.29) is 11.9 Å². The number of hydrogen-bond acceptors (Lipinski definition) is 2. The highest BCUT2D eigenvalue weighted by atomic mass is 16.5. The lowest BCUT2D eigenvalue weighted by Crippen LogP contribution is -2.47. The molecular weight excluding hydrogens is 310 g/mol. The summed E-state index contributed by atoms with van der Waals surface area (Å²) in [6.07, 6.45) is 5.18. The van der Waals surface area contributed by atoms with Crippen LogP contribution in [-0.2, 0) is 22.4 Å². The third-order valence-corrected chi connectivity index (χ3v) is 4.58. The Morgan fingerprint density at radius 1 is 1.08 bits per heavy atom. The van der Waals surface area contributed by atoms with E-state index in [4.69, 9.17) is 4.74 Å². The van der Waals surface area contributed by atoms with Crippen LogP contribution in [0.15, 0.2) is 72.8 Å². The Bertz CT molecular complexity index is 722. The van der Waals surface area contributed by atoms with Crippen molar-refractivity contribution in [1.29, 1.82) is 0 Å². The smallest absolute Gasteiger partial charge is 0.248 e. The van der Waals surface area contributed by atoms with Crippen LogP contribution in [0.4, 0.5) is 0 Å². The molecule has 0 aliphatic carbocycles. The largest absolute Gasteiger partial charge is 0.354 e. The predicted octanol–water partition coefficient (Wildman–Crippen LogP) is 3.99. The molecule has 0 saturated carbocycles. The molecule has 0 unspecified atom stereocenters. The van der Waals surface area contributed by atoms with E-state index >= 15 is 0 Å². The van der Waals surface area contributed by atoms with Crippen molar-refractivity contribution in [2.75, 3.05) is 6.61 Å². The summed E-state index contributed by atoms with van der Waals surface area (Å²) in [4.78, 5) is 14.7. The summed E-state index contributed by atoms with van der Waals surface area (Å²) in [5, 5.41) is 0. The zero-order chi connectivity index (χ0) is 17.7. The molecule has 1 aliphatic heterocycles. The van der Waals surface area contributed by atoms with E-state index in [9.17, 15) is 4.79 Å². The van der Waals surface area contributed by atoms with Gasteiger partial charge in [-0.1, -0.05) is 66.7 Å². The monoisotopic (exact) mass is 335 g/mol. The first kappa shape index (κ1) is 17.4. The van der Waals surface area contributed by atoms with Gasteiger partial charge in [0.1, 0.15) is 5.72 Å². The molecule has 1 saturated heterocycles. The average Bonchev–Trinajstić information content (AvgIpc) is 2.91. The van der Waals surface area contributed by atoms with Crippen LogP contribution in [-0.4, -0.2) is 29.2 Å². The molecule has 1 aliphatic rings. The molecule has 0 radical (unpaired) electrons. The Morgan fingerprint density at radius 3 is 2.32 bits per heavy atom. The number of amides is 1. The molecular formula is C22H25NO2. The lowest BCUT2D eigenvalue weighted by Gasteiger charge is -2.33. The first-order chi connectivity index (χ1) is 12.1. The highest BCUT2D eigenvalue weighted by Crippen LogP contribution is 2.29. The van der Waals surface area contributed by atoms with Gasteiger partial charge in [-0.2, -0.15) is 0 Å². The van der Waals surface area contributed by atoms with E-state index in [1.54, 1.807) is 6.08 Å². The molecule has 3 nitrogen and oxygen atoms in total. The van der Waals surface area contributed by atoms with Crippen LogP contribution >= 0.6 is 0 Å². The average molecular weight is 335 g/mol. The van der Waals surface area contributed by atoms with Gasteiger partial charge in [-0.05, 0) is 43.9 Å². The zero-order valence-corrected chi connectivity index (χ0v) is 14.9. The van der Waals surface area contributed by atoms with Gasteiger partial charge in [0.2, 0.25) is 5.91 Å². The molecule has 2 aromatic rings. The van der Waals surface area contributed by atoms with Crippen molar-refractivity contribution in [3.63, 3.8) is 0 Å². The Labute approximate surface area is 149 Å². The third kappa shape index (κ3) is 4.37. The number of rotatable bonds is 5. The van der Waals surface area contributed by atoms with E-state index in [0.717, 1.165) is 12.8 Å². The second kappa shape index (κ2) is 7.66. The maximum Gasteiger partial charge on any atom is 0.248 e. The molecule has 1 heterocycles. The predicted molar refractivity (Wildman–Crippen MR) is 100 cm³/mol. The van der Waals surface area contributed by atoms with E-state index in [1.807, 2.05) is 61.2 Å². The van der Waals surface area contributed by atoms with Gasteiger partial charge in [0.15, 0.2) is 0 Å². The topological polar surface area (TPSA) is 29.5 Å². The van der Waals surface area contributed by atoms with Crippen molar-refractivity contribution in [2.24, 2.45) is 0 Å². The fourth-order valence-corrected chi connectivity index (χ4v) is 3.36. The van der Waals surface area contributed by atoms with Crippen molar-refractivity contribution in [3.8, 4) is 0 Å². The van der Waals surface area contributed by atoms with E-state index < -0.39 is 5.72 Å². The van der Waals surface area contributed by atoms with Gasteiger partial charge >= 0.3 is 0 Å². The van der Waals surface area contributed by atoms with Crippen molar-refractivity contribution in [1.82, 2.24) is 4.90 Å². The minimum absolute atomic E-state index is 0.0133. The molecule has 1 fully saturated rings. The highest BCUT2D eigenvalue weighted by molar-refractivity contribution is 5.88. The maximum atomic E-state index is 12.8. The summed E-state index contributed by atoms with van der Waals surface area (Å²) in [5.74, 6) is 0.0133. The Kier molecular flexibility index (Phi) is 5.34. The Balaban J connectivity index is 1.68. The molecule has 0 spiro atoms. The van der Waals surface area contributed by atoms with Crippen molar-refractivity contribution in [2.45, 2.75) is 38.5 Å². The summed E-state index contributed by atoms with van der Waals surface area (Å²) in [7, 11) is 0. The number of carbonyl (C=O) groups is 1. The normalized spacial score (nSPS) is 19.4. The molecule has 3 rings (SSSR count). The van der Waals surface area contributed by atoms with Crippen molar-refractivity contribution < 1.29 is 9.53 Å². The van der Waals surface area contributed by atoms with Crippen molar-refractivity contribution >= 4 is 5.91 Å². The molecule has 0 N–H and O–H groups in total. The highest BCUT2D eigenvalue weighted by Gasteiger charge is 2.42. The second-order valence-electron chi connectivity index (χ2n) is 6.90. The SMILES string of the molecule is CC1(C)OC[C@H](Cc2ccccc2)N1C(=O)/C=C/Cc1ccccc1. The number of allylic oxidation sites excluding steroid dienone is 1. The second-order valence-corrected chi connectivity index (χ2v) is 6.90. The van der Waals surface area contributed by atoms with Crippen LogP contribution in [0.5, 0.6) is 0 Å². The zero-order valence-electron chi connectivity index (χ0n) is 14.9. The standard InChI is InChI=1S/C22H25NO2/c1-22(2)23(20(17-25-22)16-19-12-7-4-8-13-19)21(24)15-9-14-18-10-5-3-6-11-18/h3-13,15,20H,14,16-17H2,1-2H3/b15-9+/t20-/m0/s1. The van der Waals surface area contributed by atoms with E-state index in [1.165, 1.54) is 11.1 Å². The van der Waals surface area contributed by atoms with Gasteiger partial charge in [-0.25, -0.2) is 0 Å². The number of nitrogens with zero attached hydrogens (tertiary/aromatic N) is 1. The minimum Gasteiger partial charge on any atom is -0.354 e. The number of hydrogen-bond donors (Lipinski definition) is 0. The molecule has 0 bridgehead atoms. The van der Waals surface area contributed by atoms with Crippen LogP contribution in [0.2, 0.25) is 0 Å². The van der Waals surface area contributed by atoms with Gasteiger partial charge < -0.3 is 9.64 Å². The van der Waals surface area contributed by atoms with Crippen LogP contribution in [0, 0.1) is 0 Å². The summed E-state index contributed by atoms with van der Waals surface area (Å²) < 4.78 is 5.89. The number of ether oxygens (including phenoxy) is 1. The quantitative estimate of drug-likeness (QED) is 0.773. The van der Waals surface area contributed by atoms with Gasteiger partial charge in [-0.15, -0.1) is 0 Å². The first-order valence-electron chi connectivity index (χ1n) is 8.78. The van der Waals surface area contributed by atoms with E-state index in [0.29, 0.717) is 6.61 Å². The molecule has 2 aromatic carbocycles. The van der Waals surface area contributed by atoms with Crippen LogP contribution in [0.25, 0.3) is 0 Å². The lowest BCUT2D eigenvalue weighted by molar-refractivity contribution is -0.140. The summed E-state index contributed by atoms with van der Waals surface area (Å²) in [5.41, 5.74) is 1.84. The minimum atomic E-state index is -0.576. The fraction of sp³-hybridized carbons (Fsp3) is 0.318. The first-order valence-corrected chi connectivity index (χ1v) is 8.78. The van der Waals surface area contributed by atoms with Gasteiger partial charge in [-0.3, -0.25) is 4.79 Å². The molecule has 0 aromatic heterocycles. The maximum absolute atomic E-state index is 12.8. The summed E-state index contributed by atoms with van der Waals surface area (Å²) >= 11 is 0. The van der Waals surface area contributed by atoms with Crippen LogP contribution in [0.1, 0.15) is 25.0 Å². The van der Waals surface area contributed by atoms with Crippen LogP contribution < -0.4 is 0 Å². The Hall–Kier alpha value is -2.39. The summed E-state index contributed by atoms with van der Waals surface area (Å²) in [6.45, 7) is 4.49. The van der Waals surface area contributed by atoms with Gasteiger partial charge in [0, 0.05) is 0 Å². The number of benzene rings is 2. The van der Waals surface area contributed by atoms with Crippen molar-refractivity contribution in [3.05, 3.63) is 83.9 Å². The van der Waals surface area contributed by atoms with E-state index in [2.05, 4.69) is 24.3 Å². The molecule has 130 valence electrons. The van der Waals surface area contributed by atoms with Gasteiger partial charge in [0.25, 0.3) is 0 Å². The molecule has 3 heteroatoms. The fourth-order valence-electron chi connectivity index (χ4n) is 3.36. The van der Waals surface area contributed by atoms with Crippen LogP contribution in [0.3, 0.4) is 0 Å². The lowest BCUT2D eigenvalue weighted by atomic mass is 10.0. The molecule has 1 amide bonds. The molecule has 1 atom stereocenters. The third-order valence-electron chi connectivity index (χ3n) is 4.58. The summed E-state index contributed by atoms with van der Waals surface area (Å²) in [6, 6.07) is 20.5. The Morgan fingerprint density at radius 2 is 1.68 bits per heavy atom.